The number of aromatic nitrogens is 2. The first-order valence-electron chi connectivity index (χ1n) is 11.4. The lowest BCUT2D eigenvalue weighted by molar-refractivity contribution is -0.143. The van der Waals surface area contributed by atoms with E-state index in [0.29, 0.717) is 36.8 Å². The Bertz CT molecular complexity index is 1290. The Morgan fingerprint density at radius 2 is 2.03 bits per heavy atom. The Morgan fingerprint density at radius 1 is 1.19 bits per heavy atom. The average Bonchev–Trinajstić information content (AvgIpc) is 2.86. The minimum atomic E-state index is -0.319. The highest BCUT2D eigenvalue weighted by atomic mass is 79.9. The molecule has 10 heteroatoms. The third-order valence-electron chi connectivity index (χ3n) is 5.13. The first kappa shape index (κ1) is 26.8. The number of nitrogens with zero attached hydrogens (tertiary/aromatic N) is 3. The predicted molar refractivity (Wildman–Crippen MR) is 143 cm³/mol. The van der Waals surface area contributed by atoms with Crippen molar-refractivity contribution in [1.82, 2.24) is 14.9 Å². The fourth-order valence-electron chi connectivity index (χ4n) is 3.34. The maximum absolute atomic E-state index is 12.3. The number of methoxy groups -OCH3 is 1. The molecule has 0 aliphatic carbocycles. The van der Waals surface area contributed by atoms with E-state index < -0.39 is 0 Å². The molecule has 2 aromatic carbocycles. The van der Waals surface area contributed by atoms with Crippen LogP contribution in [0, 0.1) is 11.8 Å². The SMILES string of the molecule is CCOC(=O)CCCN(C)C(=O)C#CCNc1cc2c(Nc3cccc(Br)c3)ncnc2cc1OC. The van der Waals surface area contributed by atoms with Crippen LogP contribution in [0.5, 0.6) is 5.75 Å². The summed E-state index contributed by atoms with van der Waals surface area (Å²) in [6.45, 7) is 2.76. The second kappa shape index (κ2) is 13.3. The molecule has 0 aliphatic rings. The molecule has 36 heavy (non-hydrogen) atoms. The molecule has 9 nitrogen and oxygen atoms in total. The van der Waals surface area contributed by atoms with Crippen LogP contribution in [0.4, 0.5) is 17.2 Å². The summed E-state index contributed by atoms with van der Waals surface area (Å²) in [6.07, 6.45) is 2.29. The van der Waals surface area contributed by atoms with E-state index in [1.165, 1.54) is 11.2 Å². The zero-order chi connectivity index (χ0) is 25.9. The number of anilines is 3. The van der Waals surface area contributed by atoms with Crippen LogP contribution in [-0.2, 0) is 14.3 Å². The van der Waals surface area contributed by atoms with Crippen molar-refractivity contribution < 1.29 is 19.1 Å². The lowest BCUT2D eigenvalue weighted by atomic mass is 10.2. The van der Waals surface area contributed by atoms with Gasteiger partial charge in [-0.05, 0) is 43.5 Å². The quantitative estimate of drug-likeness (QED) is 0.282. The molecule has 0 atom stereocenters. The lowest BCUT2D eigenvalue weighted by Gasteiger charge is -2.14. The van der Waals surface area contributed by atoms with Crippen LogP contribution in [0.15, 0.2) is 47.2 Å². The molecule has 2 N–H and O–H groups in total. The topological polar surface area (TPSA) is 106 Å². The van der Waals surface area contributed by atoms with E-state index in [2.05, 4.69) is 48.4 Å². The highest BCUT2D eigenvalue weighted by molar-refractivity contribution is 9.10. The van der Waals surface area contributed by atoms with Gasteiger partial charge in [-0.25, -0.2) is 9.97 Å². The zero-order valence-corrected chi connectivity index (χ0v) is 22.0. The van der Waals surface area contributed by atoms with Crippen LogP contribution >= 0.6 is 15.9 Å². The van der Waals surface area contributed by atoms with Gasteiger partial charge in [0.2, 0.25) is 0 Å². The van der Waals surface area contributed by atoms with Crippen LogP contribution in [-0.4, -0.2) is 60.6 Å². The molecule has 1 heterocycles. The van der Waals surface area contributed by atoms with E-state index in [1.54, 1.807) is 21.1 Å². The monoisotopic (exact) mass is 553 g/mol. The van der Waals surface area contributed by atoms with Gasteiger partial charge in [-0.1, -0.05) is 27.9 Å². The van der Waals surface area contributed by atoms with Gasteiger partial charge < -0.3 is 25.0 Å². The van der Waals surface area contributed by atoms with Gasteiger partial charge in [0, 0.05) is 41.6 Å². The molecule has 188 valence electrons. The van der Waals surface area contributed by atoms with Crippen LogP contribution < -0.4 is 15.4 Å². The summed E-state index contributed by atoms with van der Waals surface area (Å²) in [5.41, 5.74) is 2.29. The molecule has 1 aromatic heterocycles. The number of esters is 1. The maximum Gasteiger partial charge on any atom is 0.305 e. The Morgan fingerprint density at radius 3 is 2.78 bits per heavy atom. The van der Waals surface area contributed by atoms with Crippen molar-refractivity contribution in [1.29, 1.82) is 0 Å². The second-order valence-electron chi connectivity index (χ2n) is 7.72. The van der Waals surface area contributed by atoms with Crippen molar-refractivity contribution in [3.63, 3.8) is 0 Å². The standard InChI is InChI=1S/C26H28BrN5O4/c1-4-36-25(34)11-7-13-32(2)24(33)10-6-12-28-22-15-20-21(16-23(22)35-3)29-17-30-26(20)31-19-9-5-8-18(27)14-19/h5,8-9,14-17,28H,4,7,11-13H2,1-3H3,(H,29,30,31). The maximum atomic E-state index is 12.3. The van der Waals surface area contributed by atoms with Crippen molar-refractivity contribution in [3.8, 4) is 17.6 Å². The van der Waals surface area contributed by atoms with Gasteiger partial charge in [0.05, 0.1) is 31.5 Å². The van der Waals surface area contributed by atoms with E-state index >= 15 is 0 Å². The smallest absolute Gasteiger partial charge is 0.305 e. The third kappa shape index (κ3) is 7.58. The van der Waals surface area contributed by atoms with E-state index in [9.17, 15) is 9.59 Å². The average molecular weight is 554 g/mol. The summed E-state index contributed by atoms with van der Waals surface area (Å²) in [5.74, 6) is 6.12. The first-order chi connectivity index (χ1) is 17.4. The van der Waals surface area contributed by atoms with Gasteiger partial charge in [-0.15, -0.1) is 0 Å². The summed E-state index contributed by atoms with van der Waals surface area (Å²) in [5, 5.41) is 7.32. The number of halogens is 1. The summed E-state index contributed by atoms with van der Waals surface area (Å²) in [6, 6.07) is 11.5. The lowest BCUT2D eigenvalue weighted by Crippen LogP contribution is -2.27. The van der Waals surface area contributed by atoms with E-state index in [-0.39, 0.29) is 24.8 Å². The van der Waals surface area contributed by atoms with Gasteiger partial charge >= 0.3 is 5.97 Å². The van der Waals surface area contributed by atoms with Crippen LogP contribution in [0.2, 0.25) is 0 Å². The minimum absolute atomic E-state index is 0.229. The van der Waals surface area contributed by atoms with Crippen molar-refractivity contribution in [2.75, 3.05) is 44.5 Å². The van der Waals surface area contributed by atoms with E-state index in [1.807, 2.05) is 36.4 Å². The number of ether oxygens (including phenoxy) is 2. The Hall–Kier alpha value is -3.84. The summed E-state index contributed by atoms with van der Waals surface area (Å²) in [7, 11) is 3.23. The fourth-order valence-corrected chi connectivity index (χ4v) is 3.74. The number of hydrogen-bond acceptors (Lipinski definition) is 8. The third-order valence-corrected chi connectivity index (χ3v) is 5.63. The number of benzene rings is 2. The Kier molecular flexibility index (Phi) is 9.89. The molecular weight excluding hydrogens is 526 g/mol. The van der Waals surface area contributed by atoms with Crippen molar-refractivity contribution in [2.45, 2.75) is 19.8 Å². The number of amides is 1. The fraction of sp³-hybridized carbons (Fsp3) is 0.308. The highest BCUT2D eigenvalue weighted by Gasteiger charge is 2.11. The molecule has 0 spiro atoms. The molecular formula is C26H28BrN5O4. The normalized spacial score (nSPS) is 10.2. The first-order valence-corrected chi connectivity index (χ1v) is 12.2. The van der Waals surface area contributed by atoms with E-state index in [4.69, 9.17) is 9.47 Å². The summed E-state index contributed by atoms with van der Waals surface area (Å²) >= 11 is 3.48. The van der Waals surface area contributed by atoms with Crippen LogP contribution in [0.3, 0.4) is 0 Å². The molecule has 0 saturated carbocycles. The van der Waals surface area contributed by atoms with Gasteiger partial charge in [0.25, 0.3) is 5.91 Å². The molecule has 3 aromatic rings. The molecule has 0 saturated heterocycles. The number of carbonyl (C=O) groups excluding carboxylic acids is 2. The second-order valence-corrected chi connectivity index (χ2v) is 8.63. The number of rotatable bonds is 10. The van der Waals surface area contributed by atoms with Gasteiger partial charge in [0.1, 0.15) is 17.9 Å². The number of nitrogens with one attached hydrogen (secondary N) is 2. The molecule has 0 radical (unpaired) electrons. The highest BCUT2D eigenvalue weighted by Crippen LogP contribution is 2.33. The van der Waals surface area contributed by atoms with Crippen LogP contribution in [0.1, 0.15) is 19.8 Å². The molecule has 0 aliphatic heterocycles. The Balaban J connectivity index is 1.66. The van der Waals surface area contributed by atoms with Gasteiger partial charge in [-0.2, -0.15) is 0 Å². The zero-order valence-electron chi connectivity index (χ0n) is 20.4. The van der Waals surface area contributed by atoms with E-state index in [0.717, 1.165) is 21.1 Å². The number of hydrogen-bond donors (Lipinski definition) is 2. The number of carbonyl (C=O) groups is 2. The summed E-state index contributed by atoms with van der Waals surface area (Å²) in [4.78, 5) is 33.9. The minimum Gasteiger partial charge on any atom is -0.495 e. The Labute approximate surface area is 218 Å². The molecule has 0 bridgehead atoms. The largest absolute Gasteiger partial charge is 0.495 e. The van der Waals surface area contributed by atoms with Gasteiger partial charge in [0.15, 0.2) is 0 Å². The van der Waals surface area contributed by atoms with Crippen LogP contribution in [0.25, 0.3) is 10.9 Å². The van der Waals surface area contributed by atoms with Crippen molar-refractivity contribution in [2.24, 2.45) is 0 Å². The van der Waals surface area contributed by atoms with Crippen molar-refractivity contribution >= 4 is 55.9 Å². The van der Waals surface area contributed by atoms with Crippen molar-refractivity contribution in [3.05, 3.63) is 47.2 Å². The molecule has 0 fully saturated rings. The van der Waals surface area contributed by atoms with Gasteiger partial charge in [-0.3, -0.25) is 9.59 Å². The molecule has 0 unspecified atom stereocenters. The predicted octanol–water partition coefficient (Wildman–Crippen LogP) is 4.36. The molecule has 3 rings (SSSR count). The number of fused-ring (bicyclic) bond motifs is 1. The summed E-state index contributed by atoms with van der Waals surface area (Å²) < 4.78 is 11.4. The molecule has 1 amide bonds.